The first-order chi connectivity index (χ1) is 17.1. The standard InChI is InChI=1S/C25H25N5O5S/c26-25(27)29-21-8-4-7-19(16-21)23(31)28-20-11-9-18(10-12-20)15-22(24(32)33)30-36(34,35)14-13-17-5-2-1-3-6-17/h1-14,16,22,30H,15H2,(H,28,31)(H,32,33)(H4,26,27,29)/t22-/m0/s1. The second-order valence-electron chi connectivity index (χ2n) is 7.74. The molecular formula is C25H25N5O5S. The number of carbonyl (C=O) groups excluding carboxylic acids is 1. The van der Waals surface area contributed by atoms with E-state index in [4.69, 9.17) is 11.1 Å². The predicted octanol–water partition coefficient (Wildman–Crippen LogP) is 2.83. The molecule has 0 spiro atoms. The van der Waals surface area contributed by atoms with Crippen molar-refractivity contribution in [3.8, 4) is 0 Å². The monoisotopic (exact) mass is 507 g/mol. The zero-order chi connectivity index (χ0) is 26.1. The maximum atomic E-state index is 12.5. The van der Waals surface area contributed by atoms with E-state index in [1.54, 1.807) is 78.9 Å². The van der Waals surface area contributed by atoms with Crippen molar-refractivity contribution in [3.05, 3.63) is 101 Å². The lowest BCUT2D eigenvalue weighted by Crippen LogP contribution is -2.41. The normalized spacial score (nSPS) is 12.1. The van der Waals surface area contributed by atoms with Crippen molar-refractivity contribution < 1.29 is 23.1 Å². The first-order valence-corrected chi connectivity index (χ1v) is 12.3. The van der Waals surface area contributed by atoms with Gasteiger partial charge in [0.05, 0.1) is 0 Å². The predicted molar refractivity (Wildman–Crippen MR) is 139 cm³/mol. The highest BCUT2D eigenvalue weighted by atomic mass is 32.2. The number of nitrogens with two attached hydrogens (primary N) is 1. The molecule has 10 nitrogen and oxygen atoms in total. The Balaban J connectivity index is 1.63. The molecule has 0 aliphatic rings. The van der Waals surface area contributed by atoms with Gasteiger partial charge in [-0.2, -0.15) is 4.72 Å². The van der Waals surface area contributed by atoms with Crippen LogP contribution in [-0.4, -0.2) is 37.4 Å². The fourth-order valence-electron chi connectivity index (χ4n) is 3.21. The highest BCUT2D eigenvalue weighted by molar-refractivity contribution is 7.92. The number of nitrogens with one attached hydrogen (secondary N) is 4. The number of carboxylic acid groups (broad SMARTS) is 1. The molecule has 0 saturated carbocycles. The molecule has 0 fully saturated rings. The van der Waals surface area contributed by atoms with Crippen LogP contribution in [0.25, 0.3) is 6.08 Å². The molecule has 36 heavy (non-hydrogen) atoms. The SMILES string of the molecule is N=C(N)Nc1cccc(C(=O)Nc2ccc(C[C@H](NS(=O)(=O)C=Cc3ccccc3)C(=O)O)cc2)c1. The number of hydrogen-bond acceptors (Lipinski definition) is 5. The van der Waals surface area contributed by atoms with Crippen LogP contribution in [0.4, 0.5) is 11.4 Å². The summed E-state index contributed by atoms with van der Waals surface area (Å²) in [5, 5.41) is 23.1. The van der Waals surface area contributed by atoms with Crippen LogP contribution < -0.4 is 21.1 Å². The van der Waals surface area contributed by atoms with Gasteiger partial charge in [0.25, 0.3) is 5.91 Å². The van der Waals surface area contributed by atoms with Crippen LogP contribution in [0.3, 0.4) is 0 Å². The summed E-state index contributed by atoms with van der Waals surface area (Å²) in [5.74, 6) is -1.96. The van der Waals surface area contributed by atoms with Gasteiger partial charge >= 0.3 is 5.97 Å². The Morgan fingerprint density at radius 1 is 0.944 bits per heavy atom. The molecule has 0 aliphatic carbocycles. The van der Waals surface area contributed by atoms with Crippen molar-refractivity contribution in [3.63, 3.8) is 0 Å². The quantitative estimate of drug-likeness (QED) is 0.181. The molecule has 0 bridgehead atoms. The van der Waals surface area contributed by atoms with Gasteiger partial charge in [-0.3, -0.25) is 15.0 Å². The zero-order valence-electron chi connectivity index (χ0n) is 19.0. The van der Waals surface area contributed by atoms with Crippen LogP contribution >= 0.6 is 0 Å². The number of amides is 1. The van der Waals surface area contributed by atoms with E-state index < -0.39 is 27.9 Å². The van der Waals surface area contributed by atoms with Crippen LogP contribution in [0.2, 0.25) is 0 Å². The van der Waals surface area contributed by atoms with E-state index >= 15 is 0 Å². The first-order valence-electron chi connectivity index (χ1n) is 10.7. The van der Waals surface area contributed by atoms with Gasteiger partial charge in [-0.05, 0) is 54.0 Å². The van der Waals surface area contributed by atoms with Crippen molar-refractivity contribution in [2.75, 3.05) is 10.6 Å². The van der Waals surface area contributed by atoms with E-state index in [1.807, 2.05) is 0 Å². The molecule has 3 aromatic rings. The van der Waals surface area contributed by atoms with Crippen molar-refractivity contribution in [2.24, 2.45) is 5.73 Å². The van der Waals surface area contributed by atoms with Gasteiger partial charge in [-0.25, -0.2) is 8.42 Å². The Bertz CT molecular complexity index is 1370. The van der Waals surface area contributed by atoms with Gasteiger partial charge in [0.15, 0.2) is 5.96 Å². The number of benzene rings is 3. The fraction of sp³-hybridized carbons (Fsp3) is 0.0800. The molecule has 0 saturated heterocycles. The third-order valence-corrected chi connectivity index (χ3v) is 6.01. The highest BCUT2D eigenvalue weighted by Gasteiger charge is 2.23. The minimum Gasteiger partial charge on any atom is -0.480 e. The average Bonchev–Trinajstić information content (AvgIpc) is 2.84. The number of carbonyl (C=O) groups is 2. The van der Waals surface area contributed by atoms with Crippen LogP contribution in [0.1, 0.15) is 21.5 Å². The summed E-state index contributed by atoms with van der Waals surface area (Å²) in [7, 11) is -4.00. The van der Waals surface area contributed by atoms with Crippen molar-refractivity contribution >= 4 is 45.3 Å². The van der Waals surface area contributed by atoms with Crippen molar-refractivity contribution in [1.29, 1.82) is 5.41 Å². The Morgan fingerprint density at radius 2 is 1.64 bits per heavy atom. The van der Waals surface area contributed by atoms with Gasteiger partial charge in [0.2, 0.25) is 10.0 Å². The second kappa shape index (κ2) is 11.8. The first kappa shape index (κ1) is 26.1. The molecule has 1 atom stereocenters. The molecule has 0 aliphatic heterocycles. The molecule has 3 rings (SSSR count). The highest BCUT2D eigenvalue weighted by Crippen LogP contribution is 2.16. The van der Waals surface area contributed by atoms with Crippen LogP contribution in [0.5, 0.6) is 0 Å². The van der Waals surface area contributed by atoms with Gasteiger partial charge in [-0.1, -0.05) is 48.5 Å². The van der Waals surface area contributed by atoms with E-state index in [9.17, 15) is 23.1 Å². The van der Waals surface area contributed by atoms with Crippen LogP contribution in [0, 0.1) is 5.41 Å². The number of carboxylic acids is 1. The summed E-state index contributed by atoms with van der Waals surface area (Å²) in [4.78, 5) is 24.2. The minimum atomic E-state index is -4.00. The summed E-state index contributed by atoms with van der Waals surface area (Å²) in [6, 6.07) is 20.2. The molecule has 7 N–H and O–H groups in total. The third-order valence-electron chi connectivity index (χ3n) is 4.90. The number of anilines is 2. The Morgan fingerprint density at radius 3 is 2.28 bits per heavy atom. The van der Waals surface area contributed by atoms with Gasteiger partial charge in [-0.15, -0.1) is 0 Å². The summed E-state index contributed by atoms with van der Waals surface area (Å²) in [6.45, 7) is 0. The maximum Gasteiger partial charge on any atom is 0.322 e. The largest absolute Gasteiger partial charge is 0.480 e. The van der Waals surface area contributed by atoms with Crippen molar-refractivity contribution in [2.45, 2.75) is 12.5 Å². The Kier molecular flexibility index (Phi) is 8.55. The fourth-order valence-corrected chi connectivity index (χ4v) is 4.20. The van der Waals surface area contributed by atoms with Gasteiger partial charge in [0.1, 0.15) is 6.04 Å². The van der Waals surface area contributed by atoms with E-state index in [0.717, 1.165) is 5.41 Å². The second-order valence-corrected chi connectivity index (χ2v) is 9.34. The number of aliphatic carboxylic acids is 1. The number of hydrogen-bond donors (Lipinski definition) is 6. The van der Waals surface area contributed by atoms with Gasteiger partial charge in [0, 0.05) is 22.3 Å². The van der Waals surface area contributed by atoms with Gasteiger partial charge < -0.3 is 21.5 Å². The molecule has 0 unspecified atom stereocenters. The summed E-state index contributed by atoms with van der Waals surface area (Å²) < 4.78 is 26.9. The molecule has 1 amide bonds. The number of guanidine groups is 1. The van der Waals surface area contributed by atoms with Crippen LogP contribution in [0.15, 0.2) is 84.3 Å². The molecule has 186 valence electrons. The molecule has 0 heterocycles. The lowest BCUT2D eigenvalue weighted by molar-refractivity contribution is -0.138. The van der Waals surface area contributed by atoms with Crippen LogP contribution in [-0.2, 0) is 21.2 Å². The summed E-state index contributed by atoms with van der Waals surface area (Å²) >= 11 is 0. The van der Waals surface area contributed by atoms with Crippen molar-refractivity contribution in [1.82, 2.24) is 4.72 Å². The molecule has 0 radical (unpaired) electrons. The number of sulfonamides is 1. The maximum absolute atomic E-state index is 12.5. The minimum absolute atomic E-state index is 0.0965. The zero-order valence-corrected chi connectivity index (χ0v) is 19.8. The molecule has 0 aromatic heterocycles. The molecule has 11 heteroatoms. The average molecular weight is 508 g/mol. The summed E-state index contributed by atoms with van der Waals surface area (Å²) in [5.41, 5.74) is 7.83. The molecular weight excluding hydrogens is 482 g/mol. The number of rotatable bonds is 10. The Labute approximate surface area is 208 Å². The topological polar surface area (TPSA) is 174 Å². The van der Waals surface area contributed by atoms with E-state index in [1.165, 1.54) is 6.08 Å². The smallest absolute Gasteiger partial charge is 0.322 e. The Hall–Kier alpha value is -4.48. The van der Waals surface area contributed by atoms with E-state index in [2.05, 4.69) is 15.4 Å². The third kappa shape index (κ3) is 8.08. The lowest BCUT2D eigenvalue weighted by atomic mass is 10.1. The van der Waals surface area contributed by atoms with E-state index in [-0.39, 0.29) is 12.4 Å². The van der Waals surface area contributed by atoms with E-state index in [0.29, 0.717) is 28.1 Å². The molecule has 3 aromatic carbocycles. The summed E-state index contributed by atoms with van der Waals surface area (Å²) in [6.07, 6.45) is 1.28. The lowest BCUT2D eigenvalue weighted by Gasteiger charge is -2.14.